The molecule has 0 aromatic heterocycles. The number of amides is 1. The van der Waals surface area contributed by atoms with Crippen LogP contribution in [0.2, 0.25) is 0 Å². The molecule has 2 unspecified atom stereocenters. The molecule has 0 saturated carbocycles. The number of ether oxygens (including phenoxy) is 1. The molecule has 2 atom stereocenters. The van der Waals surface area contributed by atoms with Crippen molar-refractivity contribution in [2.24, 2.45) is 5.92 Å². The molecule has 1 fully saturated rings. The van der Waals surface area contributed by atoms with Crippen molar-refractivity contribution in [3.63, 3.8) is 0 Å². The lowest BCUT2D eigenvalue weighted by molar-refractivity contribution is -0.123. The quantitative estimate of drug-likeness (QED) is 0.739. The molecule has 1 N–H and O–H groups in total. The lowest BCUT2D eigenvalue weighted by atomic mass is 9.98. The third-order valence-electron chi connectivity index (χ3n) is 5.09. The first-order chi connectivity index (χ1) is 12.1. The second kappa shape index (κ2) is 10.4. The molecule has 1 aromatic rings. The highest BCUT2D eigenvalue weighted by Crippen LogP contribution is 2.28. The molecule has 1 aliphatic rings. The van der Waals surface area contributed by atoms with Crippen LogP contribution >= 0.6 is 0 Å². The lowest BCUT2D eigenvalue weighted by Gasteiger charge is -2.29. The normalized spacial score (nSPS) is 17.7. The van der Waals surface area contributed by atoms with Crippen molar-refractivity contribution in [2.45, 2.75) is 52.4 Å². The summed E-state index contributed by atoms with van der Waals surface area (Å²) in [6, 6.07) is 8.02. The van der Waals surface area contributed by atoms with E-state index in [2.05, 4.69) is 37.1 Å². The monoisotopic (exact) mass is 346 g/mol. The SMILES string of the molecule is CCC(C)c1ccccc1OCC(=O)NCC(C)CN1CCCCC1. The summed E-state index contributed by atoms with van der Waals surface area (Å²) in [5.41, 5.74) is 1.18. The van der Waals surface area contributed by atoms with Gasteiger partial charge in [-0.05, 0) is 55.8 Å². The number of nitrogens with zero attached hydrogens (tertiary/aromatic N) is 1. The number of hydrogen-bond acceptors (Lipinski definition) is 3. The second-order valence-corrected chi connectivity index (χ2v) is 7.41. The van der Waals surface area contributed by atoms with Crippen LogP contribution < -0.4 is 10.1 Å². The number of piperidine rings is 1. The average molecular weight is 347 g/mol. The average Bonchev–Trinajstić information content (AvgIpc) is 2.65. The molecule has 0 spiro atoms. The largest absolute Gasteiger partial charge is 0.483 e. The van der Waals surface area contributed by atoms with E-state index in [1.807, 2.05) is 18.2 Å². The number of nitrogens with one attached hydrogen (secondary N) is 1. The van der Waals surface area contributed by atoms with Crippen LogP contribution in [0.4, 0.5) is 0 Å². The molecule has 0 aliphatic carbocycles. The number of rotatable bonds is 9. The topological polar surface area (TPSA) is 41.6 Å². The van der Waals surface area contributed by atoms with Gasteiger partial charge in [-0.1, -0.05) is 45.4 Å². The zero-order valence-corrected chi connectivity index (χ0v) is 16.1. The molecule has 1 saturated heterocycles. The van der Waals surface area contributed by atoms with Gasteiger partial charge in [0.1, 0.15) is 5.75 Å². The van der Waals surface area contributed by atoms with Gasteiger partial charge < -0.3 is 15.0 Å². The van der Waals surface area contributed by atoms with Gasteiger partial charge in [0.25, 0.3) is 5.91 Å². The maximum absolute atomic E-state index is 12.1. The van der Waals surface area contributed by atoms with Crippen LogP contribution in [0.1, 0.15) is 57.9 Å². The summed E-state index contributed by atoms with van der Waals surface area (Å²) < 4.78 is 5.78. The fraction of sp³-hybridized carbons (Fsp3) is 0.667. The minimum absolute atomic E-state index is 0.0375. The summed E-state index contributed by atoms with van der Waals surface area (Å²) in [7, 11) is 0. The Bertz CT molecular complexity index is 526. The van der Waals surface area contributed by atoms with Crippen molar-refractivity contribution in [2.75, 3.05) is 32.8 Å². The minimum Gasteiger partial charge on any atom is -0.483 e. The fourth-order valence-corrected chi connectivity index (χ4v) is 3.37. The van der Waals surface area contributed by atoms with Crippen LogP contribution in [0.5, 0.6) is 5.75 Å². The van der Waals surface area contributed by atoms with Gasteiger partial charge in [-0.15, -0.1) is 0 Å². The van der Waals surface area contributed by atoms with Gasteiger partial charge in [-0.2, -0.15) is 0 Å². The van der Waals surface area contributed by atoms with Gasteiger partial charge in [-0.25, -0.2) is 0 Å². The Morgan fingerprint density at radius 2 is 1.92 bits per heavy atom. The van der Waals surface area contributed by atoms with Gasteiger partial charge in [0, 0.05) is 13.1 Å². The van der Waals surface area contributed by atoms with Crippen molar-refractivity contribution in [3.05, 3.63) is 29.8 Å². The number of benzene rings is 1. The van der Waals surface area contributed by atoms with Crippen molar-refractivity contribution < 1.29 is 9.53 Å². The highest BCUT2D eigenvalue weighted by atomic mass is 16.5. The van der Waals surface area contributed by atoms with Crippen molar-refractivity contribution >= 4 is 5.91 Å². The summed E-state index contributed by atoms with van der Waals surface area (Å²) in [5, 5.41) is 3.01. The third kappa shape index (κ3) is 6.69. The summed E-state index contributed by atoms with van der Waals surface area (Å²) in [4.78, 5) is 14.6. The van der Waals surface area contributed by atoms with Gasteiger partial charge >= 0.3 is 0 Å². The number of para-hydroxylation sites is 1. The maximum Gasteiger partial charge on any atom is 0.257 e. The highest BCUT2D eigenvalue weighted by Gasteiger charge is 2.15. The zero-order chi connectivity index (χ0) is 18.1. The van der Waals surface area contributed by atoms with E-state index in [0.717, 1.165) is 18.7 Å². The zero-order valence-electron chi connectivity index (χ0n) is 16.1. The molecule has 1 aliphatic heterocycles. The molecule has 4 heteroatoms. The van der Waals surface area contributed by atoms with E-state index in [-0.39, 0.29) is 12.5 Å². The first-order valence-electron chi connectivity index (χ1n) is 9.81. The first kappa shape index (κ1) is 19.8. The Kier molecular flexibility index (Phi) is 8.26. The molecule has 1 heterocycles. The molecule has 1 amide bonds. The summed E-state index contributed by atoms with van der Waals surface area (Å²) in [5.74, 6) is 1.69. The Morgan fingerprint density at radius 1 is 1.20 bits per heavy atom. The Labute approximate surface area is 152 Å². The molecule has 1 aromatic carbocycles. The van der Waals surface area contributed by atoms with Gasteiger partial charge in [-0.3, -0.25) is 4.79 Å². The fourth-order valence-electron chi connectivity index (χ4n) is 3.37. The van der Waals surface area contributed by atoms with E-state index in [9.17, 15) is 4.79 Å². The Hall–Kier alpha value is -1.55. The molecule has 0 bridgehead atoms. The van der Waals surface area contributed by atoms with E-state index in [4.69, 9.17) is 4.74 Å². The van der Waals surface area contributed by atoms with Crippen LogP contribution in [-0.2, 0) is 4.79 Å². The van der Waals surface area contributed by atoms with E-state index < -0.39 is 0 Å². The molecule has 140 valence electrons. The van der Waals surface area contributed by atoms with Crippen molar-refractivity contribution in [3.8, 4) is 5.75 Å². The molecular formula is C21H34N2O2. The smallest absolute Gasteiger partial charge is 0.257 e. The van der Waals surface area contributed by atoms with Crippen molar-refractivity contribution in [1.82, 2.24) is 10.2 Å². The predicted molar refractivity (Wildman–Crippen MR) is 103 cm³/mol. The van der Waals surface area contributed by atoms with E-state index in [1.54, 1.807) is 0 Å². The van der Waals surface area contributed by atoms with Crippen LogP contribution in [0.3, 0.4) is 0 Å². The maximum atomic E-state index is 12.1. The number of carbonyl (C=O) groups is 1. The highest BCUT2D eigenvalue weighted by molar-refractivity contribution is 5.77. The first-order valence-corrected chi connectivity index (χ1v) is 9.81. The van der Waals surface area contributed by atoms with E-state index in [0.29, 0.717) is 18.4 Å². The standard InChI is InChI=1S/C21H34N2O2/c1-4-18(3)19-10-6-7-11-20(19)25-16-21(24)22-14-17(2)15-23-12-8-5-9-13-23/h6-7,10-11,17-18H,4-5,8-9,12-16H2,1-3H3,(H,22,24). The number of likely N-dealkylation sites (tertiary alicyclic amines) is 1. The molecular weight excluding hydrogens is 312 g/mol. The van der Waals surface area contributed by atoms with Crippen LogP contribution in [-0.4, -0.2) is 43.6 Å². The van der Waals surface area contributed by atoms with Crippen LogP contribution in [0.15, 0.2) is 24.3 Å². The Morgan fingerprint density at radius 3 is 2.64 bits per heavy atom. The van der Waals surface area contributed by atoms with Gasteiger partial charge in [0.2, 0.25) is 0 Å². The molecule has 25 heavy (non-hydrogen) atoms. The summed E-state index contributed by atoms with van der Waals surface area (Å²) >= 11 is 0. The number of hydrogen-bond donors (Lipinski definition) is 1. The van der Waals surface area contributed by atoms with Crippen LogP contribution in [0, 0.1) is 5.92 Å². The van der Waals surface area contributed by atoms with E-state index in [1.165, 1.54) is 37.9 Å². The summed E-state index contributed by atoms with van der Waals surface area (Å²) in [6.07, 6.45) is 5.03. The van der Waals surface area contributed by atoms with Gasteiger partial charge in [0.15, 0.2) is 6.61 Å². The van der Waals surface area contributed by atoms with Crippen molar-refractivity contribution in [1.29, 1.82) is 0 Å². The molecule has 2 rings (SSSR count). The van der Waals surface area contributed by atoms with E-state index >= 15 is 0 Å². The van der Waals surface area contributed by atoms with Gasteiger partial charge in [0.05, 0.1) is 0 Å². The second-order valence-electron chi connectivity index (χ2n) is 7.41. The van der Waals surface area contributed by atoms with Crippen LogP contribution in [0.25, 0.3) is 0 Å². The third-order valence-corrected chi connectivity index (χ3v) is 5.09. The molecule has 0 radical (unpaired) electrons. The summed E-state index contributed by atoms with van der Waals surface area (Å²) in [6.45, 7) is 10.8. The minimum atomic E-state index is -0.0375. The molecule has 4 nitrogen and oxygen atoms in total. The predicted octanol–water partition coefficient (Wildman–Crippen LogP) is 3.82. The number of carbonyl (C=O) groups excluding carboxylic acids is 1. The Balaban J connectivity index is 1.72. The lowest BCUT2D eigenvalue weighted by Crippen LogP contribution is -2.39.